The van der Waals surface area contributed by atoms with Crippen LogP contribution in [0.5, 0.6) is 0 Å². The number of ketones is 1. The van der Waals surface area contributed by atoms with E-state index in [1.807, 2.05) is 39.8 Å². The van der Waals surface area contributed by atoms with Gasteiger partial charge in [-0.05, 0) is 97.9 Å². The fraction of sp³-hybridized carbons (Fsp3) is 0.581. The molecule has 0 unspecified atom stereocenters. The van der Waals surface area contributed by atoms with Crippen molar-refractivity contribution < 1.29 is 31.1 Å². The van der Waals surface area contributed by atoms with E-state index in [0.717, 1.165) is 12.1 Å². The van der Waals surface area contributed by atoms with Crippen LogP contribution in [0.15, 0.2) is 42.5 Å². The molecule has 3 rings (SSSR count). The minimum absolute atomic E-state index is 0.0347. The lowest BCUT2D eigenvalue weighted by atomic mass is 9.82. The van der Waals surface area contributed by atoms with Gasteiger partial charge in [-0.3, -0.25) is 9.69 Å². The van der Waals surface area contributed by atoms with E-state index < -0.39 is 35.9 Å². The van der Waals surface area contributed by atoms with Crippen molar-refractivity contribution in [1.82, 2.24) is 4.90 Å². The molecule has 0 bridgehead atoms. The van der Waals surface area contributed by atoms with Gasteiger partial charge in [-0.1, -0.05) is 52.0 Å². The van der Waals surface area contributed by atoms with Gasteiger partial charge in [0, 0.05) is 12.0 Å². The van der Waals surface area contributed by atoms with Crippen LogP contribution in [0.25, 0.3) is 11.1 Å². The highest BCUT2D eigenvalue weighted by Gasteiger charge is 2.47. The third kappa shape index (κ3) is 8.09. The van der Waals surface area contributed by atoms with Crippen molar-refractivity contribution in [2.24, 2.45) is 11.8 Å². The lowest BCUT2D eigenvalue weighted by Gasteiger charge is -2.43. The van der Waals surface area contributed by atoms with E-state index in [4.69, 9.17) is 0 Å². The van der Waals surface area contributed by atoms with Crippen LogP contribution in [0.2, 0.25) is 0 Å². The number of benzene rings is 2. The quantitative estimate of drug-likeness (QED) is 0.287. The Balaban J connectivity index is 2.16. The zero-order valence-corrected chi connectivity index (χ0v) is 23.3. The lowest BCUT2D eigenvalue weighted by Crippen LogP contribution is -2.50. The highest BCUT2D eigenvalue weighted by molar-refractivity contribution is 5.84. The number of Topliss-reactive ketones (excluding diaryl/α,β-unsaturated/α-hetero) is 1. The number of carbonyl (C=O) groups is 1. The fourth-order valence-corrected chi connectivity index (χ4v) is 5.58. The first-order chi connectivity index (χ1) is 18.1. The molecule has 0 saturated carbocycles. The van der Waals surface area contributed by atoms with Gasteiger partial charge in [0.1, 0.15) is 11.8 Å². The number of halogens is 6. The Morgan fingerprint density at radius 2 is 1.54 bits per heavy atom. The van der Waals surface area contributed by atoms with Crippen LogP contribution in [0.4, 0.5) is 26.3 Å². The first-order valence-electron chi connectivity index (χ1n) is 13.7. The van der Waals surface area contributed by atoms with E-state index in [-0.39, 0.29) is 30.6 Å². The Morgan fingerprint density at radius 1 is 0.897 bits per heavy atom. The molecule has 3 atom stereocenters. The van der Waals surface area contributed by atoms with Gasteiger partial charge in [-0.25, -0.2) is 0 Å². The molecule has 2 nitrogen and oxygen atoms in total. The second-order valence-corrected chi connectivity index (χ2v) is 11.7. The summed E-state index contributed by atoms with van der Waals surface area (Å²) in [6.45, 7) is 9.75. The smallest absolute Gasteiger partial charge is 0.299 e. The van der Waals surface area contributed by atoms with E-state index in [1.165, 1.54) is 19.1 Å². The van der Waals surface area contributed by atoms with Crippen LogP contribution in [-0.2, 0) is 11.0 Å². The Morgan fingerprint density at radius 3 is 2.05 bits per heavy atom. The maximum atomic E-state index is 14.2. The van der Waals surface area contributed by atoms with Crippen LogP contribution in [0, 0.1) is 11.8 Å². The monoisotopic (exact) mass is 555 g/mol. The summed E-state index contributed by atoms with van der Waals surface area (Å²) in [7, 11) is 0. The molecule has 0 N–H and O–H groups in total. The Hall–Kier alpha value is -2.35. The molecule has 0 radical (unpaired) electrons. The number of likely N-dealkylation sites (tertiary alicyclic amines) is 1. The molecular weight excluding hydrogens is 516 g/mol. The largest absolute Gasteiger partial charge is 0.416 e. The van der Waals surface area contributed by atoms with Crippen molar-refractivity contribution in [1.29, 1.82) is 0 Å². The van der Waals surface area contributed by atoms with E-state index >= 15 is 0 Å². The molecule has 1 aliphatic rings. The van der Waals surface area contributed by atoms with Gasteiger partial charge in [0.15, 0.2) is 0 Å². The number of carbonyl (C=O) groups excluding carboxylic acids is 1. The van der Waals surface area contributed by atoms with E-state index in [9.17, 15) is 31.1 Å². The third-order valence-electron chi connectivity index (χ3n) is 7.61. The first-order valence-corrected chi connectivity index (χ1v) is 13.7. The molecule has 1 fully saturated rings. The molecule has 2 aromatic rings. The van der Waals surface area contributed by atoms with Gasteiger partial charge in [-0.15, -0.1) is 0 Å². The minimum atomic E-state index is -4.48. The van der Waals surface area contributed by atoms with E-state index in [0.29, 0.717) is 47.9 Å². The number of hydrogen-bond donors (Lipinski definition) is 0. The topological polar surface area (TPSA) is 20.3 Å². The molecule has 39 heavy (non-hydrogen) atoms. The number of nitrogens with zero attached hydrogens (tertiary/aromatic N) is 1. The molecule has 1 saturated heterocycles. The molecule has 216 valence electrons. The van der Waals surface area contributed by atoms with Gasteiger partial charge < -0.3 is 0 Å². The molecule has 0 spiro atoms. The average Bonchev–Trinajstić information content (AvgIpc) is 2.84. The molecule has 0 amide bonds. The Bertz CT molecular complexity index is 1100. The standard InChI is InChI=1S/C31H39F6NO/c1-19(2)13-14-38-28(7-6-8-29(38)31(35,36)37)25-17-23(22-9-11-26(12-10-22)30(32,33)34)16-24(18-25)27(21(5)39)15-20(3)4/h9-12,16-20,27-29H,6-8,13-15H2,1-5H3/t27-,28-,29+/m0/s1. The Kier molecular flexibility index (Phi) is 9.95. The van der Waals surface area contributed by atoms with Crippen molar-refractivity contribution >= 4 is 5.78 Å². The lowest BCUT2D eigenvalue weighted by molar-refractivity contribution is -0.200. The van der Waals surface area contributed by atoms with Crippen molar-refractivity contribution in [2.75, 3.05) is 6.54 Å². The predicted molar refractivity (Wildman–Crippen MR) is 142 cm³/mol. The number of alkyl halides is 6. The summed E-state index contributed by atoms with van der Waals surface area (Å²) >= 11 is 0. The zero-order chi connectivity index (χ0) is 29.1. The molecule has 1 aliphatic heterocycles. The number of hydrogen-bond acceptors (Lipinski definition) is 2. The fourth-order valence-electron chi connectivity index (χ4n) is 5.58. The average molecular weight is 556 g/mol. The van der Waals surface area contributed by atoms with Gasteiger partial charge >= 0.3 is 12.4 Å². The van der Waals surface area contributed by atoms with Gasteiger partial charge in [0.25, 0.3) is 0 Å². The third-order valence-corrected chi connectivity index (χ3v) is 7.61. The van der Waals surface area contributed by atoms with E-state index in [2.05, 4.69) is 0 Å². The summed E-state index contributed by atoms with van der Waals surface area (Å²) in [6.07, 6.45) is -6.69. The molecule has 2 aromatic carbocycles. The maximum absolute atomic E-state index is 14.2. The normalized spacial score (nSPS) is 20.0. The molecule has 1 heterocycles. The summed E-state index contributed by atoms with van der Waals surface area (Å²) in [4.78, 5) is 14.3. The van der Waals surface area contributed by atoms with Crippen LogP contribution in [0.3, 0.4) is 0 Å². The van der Waals surface area contributed by atoms with Crippen LogP contribution < -0.4 is 0 Å². The summed E-state index contributed by atoms with van der Waals surface area (Å²) in [5.74, 6) is -0.0792. The first kappa shape index (κ1) is 31.2. The predicted octanol–water partition coefficient (Wildman–Crippen LogP) is 9.60. The molecule has 8 heteroatoms. The highest BCUT2D eigenvalue weighted by atomic mass is 19.4. The van der Waals surface area contributed by atoms with Crippen molar-refractivity contribution in [3.63, 3.8) is 0 Å². The van der Waals surface area contributed by atoms with Crippen molar-refractivity contribution in [3.05, 3.63) is 59.2 Å². The maximum Gasteiger partial charge on any atom is 0.416 e. The van der Waals surface area contributed by atoms with E-state index in [1.54, 1.807) is 11.0 Å². The van der Waals surface area contributed by atoms with Gasteiger partial charge in [0.05, 0.1) is 5.56 Å². The SMILES string of the molecule is CC(=O)[C@H](CC(C)C)c1cc(-c2ccc(C(F)(F)F)cc2)cc([C@@H]2CCC[C@H](C(F)(F)F)N2CCC(C)C)c1. The second-order valence-electron chi connectivity index (χ2n) is 11.7. The number of piperidine rings is 1. The van der Waals surface area contributed by atoms with Crippen molar-refractivity contribution in [2.45, 2.75) is 97.1 Å². The Labute approximate surface area is 227 Å². The number of rotatable bonds is 9. The molecular formula is C31H39F6NO. The van der Waals surface area contributed by atoms with Gasteiger partial charge in [-0.2, -0.15) is 26.3 Å². The summed E-state index contributed by atoms with van der Waals surface area (Å²) in [5, 5.41) is 0. The summed E-state index contributed by atoms with van der Waals surface area (Å²) < 4.78 is 82.0. The zero-order valence-electron chi connectivity index (χ0n) is 23.3. The highest BCUT2D eigenvalue weighted by Crippen LogP contribution is 2.43. The van der Waals surface area contributed by atoms with Gasteiger partial charge in [0.2, 0.25) is 0 Å². The van der Waals surface area contributed by atoms with Crippen LogP contribution in [-0.4, -0.2) is 29.4 Å². The summed E-state index contributed by atoms with van der Waals surface area (Å²) in [5.41, 5.74) is 1.72. The second kappa shape index (κ2) is 12.4. The van der Waals surface area contributed by atoms with Crippen LogP contribution in [0.1, 0.15) is 95.4 Å². The molecule has 0 aromatic heterocycles. The molecule has 0 aliphatic carbocycles. The minimum Gasteiger partial charge on any atom is -0.299 e. The van der Waals surface area contributed by atoms with Crippen LogP contribution >= 0.6 is 0 Å². The van der Waals surface area contributed by atoms with Crippen molar-refractivity contribution in [3.8, 4) is 11.1 Å². The summed E-state index contributed by atoms with van der Waals surface area (Å²) in [6, 6.07) is 8.17.